The molecule has 8 nitrogen and oxygen atoms in total. The Labute approximate surface area is 130 Å². The topological polar surface area (TPSA) is 121 Å². The molecule has 0 bridgehead atoms. The summed E-state index contributed by atoms with van der Waals surface area (Å²) in [5.74, 6) is -0.741. The van der Waals surface area contributed by atoms with Gasteiger partial charge < -0.3 is 10.6 Å². The van der Waals surface area contributed by atoms with E-state index in [1.54, 1.807) is 0 Å². The highest BCUT2D eigenvalue weighted by molar-refractivity contribution is 8.04. The number of allylic oxidation sites excluding steroid dienone is 2. The van der Waals surface area contributed by atoms with E-state index < -0.39 is 17.5 Å². The zero-order valence-electron chi connectivity index (χ0n) is 11.8. The summed E-state index contributed by atoms with van der Waals surface area (Å²) >= 11 is 1.22. The van der Waals surface area contributed by atoms with Gasteiger partial charge in [-0.15, -0.1) is 11.8 Å². The number of aromatic nitrogens is 2. The minimum Gasteiger partial charge on any atom is -0.359 e. The number of hydrogen-bond acceptors (Lipinski definition) is 6. The van der Waals surface area contributed by atoms with Gasteiger partial charge in [-0.25, -0.2) is 0 Å². The van der Waals surface area contributed by atoms with Crippen molar-refractivity contribution in [3.63, 3.8) is 0 Å². The van der Waals surface area contributed by atoms with Gasteiger partial charge in [-0.3, -0.25) is 24.3 Å². The zero-order valence-corrected chi connectivity index (χ0v) is 12.6. The van der Waals surface area contributed by atoms with Gasteiger partial charge in [0, 0.05) is 19.7 Å². The predicted molar refractivity (Wildman–Crippen MR) is 79.9 cm³/mol. The van der Waals surface area contributed by atoms with Gasteiger partial charge in [0.2, 0.25) is 18.0 Å². The van der Waals surface area contributed by atoms with Crippen LogP contribution in [0.1, 0.15) is 37.8 Å². The fourth-order valence-electron chi connectivity index (χ4n) is 1.93. The highest BCUT2D eigenvalue weighted by Crippen LogP contribution is 2.29. The monoisotopic (exact) mass is 322 g/mol. The van der Waals surface area contributed by atoms with Crippen molar-refractivity contribution in [1.82, 2.24) is 20.8 Å². The second-order valence-electron chi connectivity index (χ2n) is 4.38. The highest BCUT2D eigenvalue weighted by atomic mass is 32.2. The van der Waals surface area contributed by atoms with E-state index in [2.05, 4.69) is 20.8 Å². The van der Waals surface area contributed by atoms with Gasteiger partial charge in [-0.2, -0.15) is 5.10 Å². The Balaban J connectivity index is 2.15. The second-order valence-corrected chi connectivity index (χ2v) is 5.51. The van der Waals surface area contributed by atoms with E-state index in [0.717, 1.165) is 0 Å². The first-order valence-corrected chi connectivity index (χ1v) is 7.49. The molecule has 3 N–H and O–H groups in total. The maximum absolute atomic E-state index is 12.4. The fraction of sp³-hybridized carbons (Fsp3) is 0.308. The summed E-state index contributed by atoms with van der Waals surface area (Å²) in [6.45, 7) is 0.492. The first kappa shape index (κ1) is 16.0. The van der Waals surface area contributed by atoms with Crippen LogP contribution >= 0.6 is 11.8 Å². The Morgan fingerprint density at radius 1 is 1.45 bits per heavy atom. The largest absolute Gasteiger partial charge is 0.359 e. The van der Waals surface area contributed by atoms with Crippen LogP contribution in [0, 0.1) is 0 Å². The van der Waals surface area contributed by atoms with Gasteiger partial charge in [-0.1, -0.05) is 0 Å². The van der Waals surface area contributed by atoms with Crippen LogP contribution in [0.3, 0.4) is 0 Å². The van der Waals surface area contributed by atoms with E-state index in [9.17, 15) is 19.2 Å². The van der Waals surface area contributed by atoms with Crippen LogP contribution < -0.4 is 10.6 Å². The third kappa shape index (κ3) is 3.08. The molecule has 1 aliphatic rings. The van der Waals surface area contributed by atoms with Gasteiger partial charge in [0.15, 0.2) is 0 Å². The molecule has 9 heteroatoms. The normalized spacial score (nSPS) is 13.4. The molecular formula is C13H14N4O4S. The maximum atomic E-state index is 12.4. The van der Waals surface area contributed by atoms with Crippen molar-refractivity contribution in [2.75, 3.05) is 19.3 Å². The van der Waals surface area contributed by atoms with Crippen molar-refractivity contribution in [2.45, 2.75) is 6.42 Å². The molecule has 1 aliphatic carbocycles. The average molecular weight is 322 g/mol. The Kier molecular flexibility index (Phi) is 5.10. The van der Waals surface area contributed by atoms with Gasteiger partial charge in [0.25, 0.3) is 5.91 Å². The summed E-state index contributed by atoms with van der Waals surface area (Å²) in [6, 6.07) is 0. The Bertz CT molecular complexity index is 665. The molecule has 0 unspecified atom stereocenters. The lowest BCUT2D eigenvalue weighted by atomic mass is 9.99. The summed E-state index contributed by atoms with van der Waals surface area (Å²) in [7, 11) is 1.43. The first-order chi connectivity index (χ1) is 10.6. The summed E-state index contributed by atoms with van der Waals surface area (Å²) in [4.78, 5) is 46.5. The van der Waals surface area contributed by atoms with Gasteiger partial charge in [0.1, 0.15) is 11.4 Å². The van der Waals surface area contributed by atoms with E-state index in [1.807, 2.05) is 0 Å². The van der Waals surface area contributed by atoms with Gasteiger partial charge in [-0.05, 0) is 12.2 Å². The molecule has 1 heterocycles. The van der Waals surface area contributed by atoms with Crippen molar-refractivity contribution < 1.29 is 19.2 Å². The Morgan fingerprint density at radius 2 is 2.23 bits per heavy atom. The summed E-state index contributed by atoms with van der Waals surface area (Å²) in [5, 5.41) is 11.1. The average Bonchev–Trinajstić information content (AvgIpc) is 2.96. The predicted octanol–water partition coefficient (Wildman–Crippen LogP) is -0.0985. The number of aromatic amines is 1. The van der Waals surface area contributed by atoms with Crippen LogP contribution in [0.5, 0.6) is 0 Å². The first-order valence-electron chi connectivity index (χ1n) is 6.51. The second kappa shape index (κ2) is 7.03. The zero-order chi connectivity index (χ0) is 16.1. The number of nitrogens with one attached hydrogen (secondary N) is 3. The van der Waals surface area contributed by atoms with Crippen LogP contribution in [0.4, 0.5) is 0 Å². The molecule has 1 aromatic rings. The van der Waals surface area contributed by atoms with E-state index in [1.165, 1.54) is 24.9 Å². The number of fused-ring (bicyclic) bond motifs is 1. The molecule has 0 aromatic carbocycles. The third-order valence-corrected chi connectivity index (χ3v) is 4.08. The van der Waals surface area contributed by atoms with E-state index in [-0.39, 0.29) is 21.9 Å². The molecule has 0 saturated heterocycles. The number of hydrogen-bond donors (Lipinski definition) is 3. The molecule has 1 aromatic heterocycles. The number of thioether (sulfide) groups is 1. The number of carbonyl (C=O) groups is 4. The van der Waals surface area contributed by atoms with Crippen molar-refractivity contribution in [3.05, 3.63) is 27.9 Å². The molecule has 22 heavy (non-hydrogen) atoms. The van der Waals surface area contributed by atoms with Crippen LogP contribution in [0.25, 0.3) is 0 Å². The summed E-state index contributed by atoms with van der Waals surface area (Å²) in [6.07, 6.45) is 2.49. The van der Waals surface area contributed by atoms with E-state index in [0.29, 0.717) is 25.1 Å². The highest BCUT2D eigenvalue weighted by Gasteiger charge is 2.33. The molecule has 0 fully saturated rings. The molecular weight excluding hydrogens is 308 g/mol. The van der Waals surface area contributed by atoms with Crippen molar-refractivity contribution in [1.29, 1.82) is 0 Å². The number of H-pyrrole nitrogens is 1. The maximum Gasteiger partial charge on any atom is 0.269 e. The lowest BCUT2D eigenvalue weighted by molar-refractivity contribution is -0.109. The van der Waals surface area contributed by atoms with Crippen LogP contribution in [0.2, 0.25) is 0 Å². The minimum absolute atomic E-state index is 0.00956. The quantitative estimate of drug-likeness (QED) is 0.476. The van der Waals surface area contributed by atoms with Crippen molar-refractivity contribution in [3.8, 4) is 0 Å². The van der Waals surface area contributed by atoms with Crippen LogP contribution in [0.15, 0.2) is 11.0 Å². The lowest BCUT2D eigenvalue weighted by Gasteiger charge is -2.11. The summed E-state index contributed by atoms with van der Waals surface area (Å²) in [5.41, 5.74) is -0.0272. The standard InChI is InChI=1S/C13H14N4O4S/c1-14-13(21)11-9-10(16-17-11)7(19)5-8(12(9)20)22-4-2-3-15-6-18/h5-6H,2-4H2,1H3,(H,14,21)(H,15,18)(H,16,17). The molecule has 0 aliphatic heterocycles. The number of rotatable bonds is 7. The van der Waals surface area contributed by atoms with Crippen LogP contribution in [-0.2, 0) is 4.79 Å². The Hall–Kier alpha value is -2.42. The van der Waals surface area contributed by atoms with E-state index in [4.69, 9.17) is 0 Å². The third-order valence-electron chi connectivity index (χ3n) is 2.97. The van der Waals surface area contributed by atoms with Crippen molar-refractivity contribution >= 4 is 35.6 Å². The number of amides is 2. The summed E-state index contributed by atoms with van der Waals surface area (Å²) < 4.78 is 0. The Morgan fingerprint density at radius 3 is 2.91 bits per heavy atom. The lowest BCUT2D eigenvalue weighted by Crippen LogP contribution is -2.23. The number of Topliss-reactive ketones (excluding diaryl/α,β-unsaturated/α-hetero) is 1. The number of ketones is 2. The smallest absolute Gasteiger partial charge is 0.269 e. The minimum atomic E-state index is -0.503. The number of carbonyl (C=O) groups excluding carboxylic acids is 4. The van der Waals surface area contributed by atoms with Crippen molar-refractivity contribution in [2.24, 2.45) is 0 Å². The number of nitrogens with zero attached hydrogens (tertiary/aromatic N) is 1. The van der Waals surface area contributed by atoms with Gasteiger partial charge in [0.05, 0.1) is 10.5 Å². The fourth-order valence-corrected chi connectivity index (χ4v) is 2.86. The molecule has 116 valence electrons. The molecule has 0 spiro atoms. The molecule has 2 amide bonds. The molecule has 2 rings (SSSR count). The molecule has 0 atom stereocenters. The van der Waals surface area contributed by atoms with Gasteiger partial charge >= 0.3 is 0 Å². The molecule has 0 saturated carbocycles. The SMILES string of the molecule is CNC(=O)c1[nH]nc2c1C(=O)C(SCCCNC=O)=CC2=O. The van der Waals surface area contributed by atoms with Crippen LogP contribution in [-0.4, -0.2) is 53.4 Å². The molecule has 0 radical (unpaired) electrons. The van der Waals surface area contributed by atoms with E-state index >= 15 is 0 Å².